The van der Waals surface area contributed by atoms with E-state index in [-0.39, 0.29) is 8.07 Å². The third kappa shape index (κ3) is 2.70. The molecule has 0 spiro atoms. The van der Waals surface area contributed by atoms with Crippen molar-refractivity contribution in [2.45, 2.75) is 31.3 Å². The molecule has 3 heteroatoms. The van der Waals surface area contributed by atoms with Crippen molar-refractivity contribution in [2.75, 3.05) is 19.3 Å². The van der Waals surface area contributed by atoms with Crippen LogP contribution in [-0.4, -0.2) is 24.3 Å². The van der Waals surface area contributed by atoms with Crippen LogP contribution in [0, 0.1) is 0 Å². The van der Waals surface area contributed by atoms with Gasteiger partial charge in [0.25, 0.3) is 0 Å². The number of nitrogens with zero attached hydrogens (tertiary/aromatic N) is 1. The maximum atomic E-state index is 3.82. The minimum absolute atomic E-state index is 0.0199. The Morgan fingerprint density at radius 3 is 2.59 bits per heavy atom. The van der Waals surface area contributed by atoms with E-state index in [9.17, 15) is 0 Å². The summed E-state index contributed by atoms with van der Waals surface area (Å²) >= 11 is 0. The van der Waals surface area contributed by atoms with E-state index < -0.39 is 0 Å². The Bertz CT molecular complexity index is 348. The normalized spacial score (nSPS) is 29.9. The molecule has 1 aromatic carbocycles. The molecular formula is C14H21N2P. The molecule has 2 fully saturated rings. The molecular weight excluding hydrogens is 227 g/mol. The standard InChI is InChI=1S/C14H21N2P/c1-2-7-13(8-3-1)14-9-6-12-17(14)15-16-10-4-5-11-16/h1-3,7-8,14-15H,4-6,9-12H2/t14-,17?/m0/s1. The Labute approximate surface area is 105 Å². The fourth-order valence-corrected chi connectivity index (χ4v) is 5.57. The van der Waals surface area contributed by atoms with Gasteiger partial charge >= 0.3 is 0 Å². The van der Waals surface area contributed by atoms with Crippen molar-refractivity contribution in [1.29, 1.82) is 0 Å². The van der Waals surface area contributed by atoms with E-state index in [2.05, 4.69) is 40.5 Å². The Balaban J connectivity index is 1.67. The van der Waals surface area contributed by atoms with Gasteiger partial charge in [-0.15, -0.1) is 0 Å². The van der Waals surface area contributed by atoms with Crippen LogP contribution in [-0.2, 0) is 0 Å². The lowest BCUT2D eigenvalue weighted by Crippen LogP contribution is -2.32. The largest absolute Gasteiger partial charge is 0.241 e. The fourth-order valence-electron chi connectivity index (χ4n) is 2.91. The van der Waals surface area contributed by atoms with E-state index in [4.69, 9.17) is 0 Å². The van der Waals surface area contributed by atoms with Crippen molar-refractivity contribution in [3.63, 3.8) is 0 Å². The van der Waals surface area contributed by atoms with Gasteiger partial charge in [-0.25, -0.2) is 10.2 Å². The summed E-state index contributed by atoms with van der Waals surface area (Å²) in [4.78, 5) is 0. The number of hydrogen-bond acceptors (Lipinski definition) is 2. The Morgan fingerprint density at radius 2 is 1.82 bits per heavy atom. The monoisotopic (exact) mass is 248 g/mol. The van der Waals surface area contributed by atoms with Crippen molar-refractivity contribution in [2.24, 2.45) is 0 Å². The summed E-state index contributed by atoms with van der Waals surface area (Å²) in [6.07, 6.45) is 6.90. The first-order valence-electron chi connectivity index (χ1n) is 6.76. The molecule has 2 nitrogen and oxygen atoms in total. The lowest BCUT2D eigenvalue weighted by molar-refractivity contribution is 0.308. The summed E-state index contributed by atoms with van der Waals surface area (Å²) in [7, 11) is -0.0199. The first kappa shape index (κ1) is 11.6. The van der Waals surface area contributed by atoms with Crippen LogP contribution in [0.1, 0.15) is 36.9 Å². The minimum atomic E-state index is -0.0199. The van der Waals surface area contributed by atoms with Crippen molar-refractivity contribution >= 4 is 8.07 Å². The van der Waals surface area contributed by atoms with E-state index in [1.807, 2.05) is 0 Å². The van der Waals surface area contributed by atoms with Crippen LogP contribution in [0.15, 0.2) is 30.3 Å². The maximum Gasteiger partial charge on any atom is 0.0185 e. The van der Waals surface area contributed by atoms with E-state index >= 15 is 0 Å². The van der Waals surface area contributed by atoms with Gasteiger partial charge in [0.1, 0.15) is 0 Å². The first-order valence-corrected chi connectivity index (χ1v) is 8.36. The van der Waals surface area contributed by atoms with Gasteiger partial charge in [0.2, 0.25) is 0 Å². The molecule has 2 heterocycles. The van der Waals surface area contributed by atoms with Crippen LogP contribution in [0.25, 0.3) is 0 Å². The highest BCUT2D eigenvalue weighted by atomic mass is 31.1. The van der Waals surface area contributed by atoms with Crippen molar-refractivity contribution in [3.8, 4) is 0 Å². The van der Waals surface area contributed by atoms with Gasteiger partial charge in [-0.3, -0.25) is 0 Å². The summed E-state index contributed by atoms with van der Waals surface area (Å²) < 4.78 is 0. The molecule has 0 saturated carbocycles. The molecule has 0 aromatic heterocycles. The zero-order valence-corrected chi connectivity index (χ0v) is 11.2. The molecule has 1 unspecified atom stereocenters. The lowest BCUT2D eigenvalue weighted by Gasteiger charge is -2.27. The molecule has 1 N–H and O–H groups in total. The van der Waals surface area contributed by atoms with E-state index in [1.54, 1.807) is 5.56 Å². The molecule has 1 aromatic rings. The topological polar surface area (TPSA) is 15.3 Å². The lowest BCUT2D eigenvalue weighted by atomic mass is 10.1. The predicted octanol–water partition coefficient (Wildman–Crippen LogP) is 3.52. The predicted molar refractivity (Wildman–Crippen MR) is 74.1 cm³/mol. The van der Waals surface area contributed by atoms with Crippen LogP contribution in [0.5, 0.6) is 0 Å². The molecule has 0 aliphatic carbocycles. The van der Waals surface area contributed by atoms with Gasteiger partial charge in [0, 0.05) is 18.7 Å². The highest BCUT2D eigenvalue weighted by Gasteiger charge is 2.30. The van der Waals surface area contributed by atoms with E-state index in [0.717, 1.165) is 5.66 Å². The van der Waals surface area contributed by atoms with Crippen LogP contribution in [0.4, 0.5) is 0 Å². The van der Waals surface area contributed by atoms with Gasteiger partial charge in [-0.05, 0) is 45.5 Å². The van der Waals surface area contributed by atoms with E-state index in [1.165, 1.54) is 44.9 Å². The highest BCUT2D eigenvalue weighted by molar-refractivity contribution is 7.56. The number of rotatable bonds is 3. The van der Waals surface area contributed by atoms with Crippen LogP contribution < -0.4 is 5.20 Å². The Kier molecular flexibility index (Phi) is 3.75. The van der Waals surface area contributed by atoms with Crippen LogP contribution in [0.3, 0.4) is 0 Å². The van der Waals surface area contributed by atoms with Gasteiger partial charge in [0.05, 0.1) is 0 Å². The maximum absolute atomic E-state index is 3.82. The highest BCUT2D eigenvalue weighted by Crippen LogP contribution is 2.56. The number of hydrazine groups is 1. The molecule has 17 heavy (non-hydrogen) atoms. The van der Waals surface area contributed by atoms with Crippen molar-refractivity contribution in [1.82, 2.24) is 10.2 Å². The molecule has 2 aliphatic heterocycles. The molecule has 92 valence electrons. The fraction of sp³-hybridized carbons (Fsp3) is 0.571. The molecule has 2 saturated heterocycles. The minimum Gasteiger partial charge on any atom is -0.241 e. The van der Waals surface area contributed by atoms with Gasteiger partial charge in [-0.2, -0.15) is 0 Å². The quantitative estimate of drug-likeness (QED) is 0.823. The smallest absolute Gasteiger partial charge is 0.0185 e. The molecule has 3 rings (SSSR count). The Morgan fingerprint density at radius 1 is 1.06 bits per heavy atom. The van der Waals surface area contributed by atoms with Gasteiger partial charge in [-0.1, -0.05) is 30.3 Å². The third-order valence-electron chi connectivity index (χ3n) is 3.81. The number of hydrogen-bond donors (Lipinski definition) is 1. The molecule has 2 atom stereocenters. The third-order valence-corrected chi connectivity index (χ3v) is 6.46. The second kappa shape index (κ2) is 5.48. The summed E-state index contributed by atoms with van der Waals surface area (Å²) in [5.74, 6) is 0. The van der Waals surface area contributed by atoms with Gasteiger partial charge < -0.3 is 0 Å². The zero-order chi connectivity index (χ0) is 11.5. The van der Waals surface area contributed by atoms with Crippen molar-refractivity contribution < 1.29 is 0 Å². The second-order valence-corrected chi connectivity index (χ2v) is 7.27. The zero-order valence-electron chi connectivity index (χ0n) is 10.3. The number of benzene rings is 1. The van der Waals surface area contributed by atoms with Crippen LogP contribution in [0.2, 0.25) is 0 Å². The second-order valence-electron chi connectivity index (χ2n) is 5.06. The SMILES string of the molecule is c1ccc([C@@H]2CCCP2NN2CCCC2)cc1. The summed E-state index contributed by atoms with van der Waals surface area (Å²) in [5.41, 5.74) is 2.33. The summed E-state index contributed by atoms with van der Waals surface area (Å²) in [6, 6.07) is 11.1. The average Bonchev–Trinajstić information content (AvgIpc) is 3.02. The summed E-state index contributed by atoms with van der Waals surface area (Å²) in [6.45, 7) is 2.50. The Hall–Kier alpha value is -0.430. The molecule has 2 aliphatic rings. The molecule has 0 bridgehead atoms. The average molecular weight is 248 g/mol. The number of nitrogens with one attached hydrogen (secondary N) is 1. The van der Waals surface area contributed by atoms with Crippen LogP contribution >= 0.6 is 8.07 Å². The van der Waals surface area contributed by atoms with Crippen molar-refractivity contribution in [3.05, 3.63) is 35.9 Å². The molecule has 0 radical (unpaired) electrons. The first-order chi connectivity index (χ1) is 8.43. The van der Waals surface area contributed by atoms with E-state index in [0.29, 0.717) is 0 Å². The molecule has 0 amide bonds. The van der Waals surface area contributed by atoms with Gasteiger partial charge in [0.15, 0.2) is 0 Å². The summed E-state index contributed by atoms with van der Waals surface area (Å²) in [5, 5.41) is 6.29.